The Morgan fingerprint density at radius 3 is 2.43 bits per heavy atom. The number of carboxylic acids is 1. The van der Waals surface area contributed by atoms with Gasteiger partial charge in [0.15, 0.2) is 5.69 Å². The van der Waals surface area contributed by atoms with Crippen LogP contribution in [0, 0.1) is 0 Å². The molecule has 0 aliphatic rings. The number of aromatic carboxylic acids is 1. The van der Waals surface area contributed by atoms with E-state index in [0.717, 1.165) is 12.3 Å². The average Bonchev–Trinajstić information content (AvgIpc) is 2.01. The van der Waals surface area contributed by atoms with Crippen LogP contribution in [0.5, 0.6) is 0 Å². The minimum Gasteiger partial charge on any atom is -0.478 e. The topological polar surface area (TPSA) is 76.2 Å². The van der Waals surface area contributed by atoms with Crippen LogP contribution in [-0.2, 0) is 6.18 Å². The van der Waals surface area contributed by atoms with Crippen molar-refractivity contribution in [2.24, 2.45) is 0 Å². The third-order valence-corrected chi connectivity index (χ3v) is 1.47. The molecule has 1 aromatic rings. The van der Waals surface area contributed by atoms with Crippen LogP contribution in [0.15, 0.2) is 12.3 Å². The van der Waals surface area contributed by atoms with Gasteiger partial charge in [0.05, 0.1) is 0 Å². The quantitative estimate of drug-likeness (QED) is 0.727. The van der Waals surface area contributed by atoms with E-state index in [1.54, 1.807) is 0 Å². The van der Waals surface area contributed by atoms with E-state index in [9.17, 15) is 18.0 Å². The summed E-state index contributed by atoms with van der Waals surface area (Å²) >= 11 is 0. The zero-order valence-corrected chi connectivity index (χ0v) is 6.67. The molecule has 0 fully saturated rings. The maximum atomic E-state index is 12.2. The van der Waals surface area contributed by atoms with Crippen molar-refractivity contribution in [1.29, 1.82) is 0 Å². The molecule has 0 aliphatic heterocycles. The number of nitrogens with zero attached hydrogens (tertiary/aromatic N) is 1. The standard InChI is InChI=1S/C7H5F3N2O2/c8-7(9,10)5-4(6(13)14)3(11)1-2-12-5/h1-2H,(H2,11,12)(H,13,14). The van der Waals surface area contributed by atoms with Crippen molar-refractivity contribution in [3.63, 3.8) is 0 Å². The summed E-state index contributed by atoms with van der Waals surface area (Å²) in [5, 5.41) is 8.49. The summed E-state index contributed by atoms with van der Waals surface area (Å²) in [4.78, 5) is 13.4. The predicted octanol–water partition coefficient (Wildman–Crippen LogP) is 1.38. The molecule has 0 radical (unpaired) electrons. The highest BCUT2D eigenvalue weighted by atomic mass is 19.4. The van der Waals surface area contributed by atoms with Crippen LogP contribution < -0.4 is 5.73 Å². The minimum absolute atomic E-state index is 0.458. The van der Waals surface area contributed by atoms with Crippen LogP contribution in [0.1, 0.15) is 16.1 Å². The lowest BCUT2D eigenvalue weighted by Gasteiger charge is -2.09. The lowest BCUT2D eigenvalue weighted by Crippen LogP contribution is -2.17. The fraction of sp³-hybridized carbons (Fsp3) is 0.143. The van der Waals surface area contributed by atoms with Gasteiger partial charge in [-0.3, -0.25) is 4.98 Å². The SMILES string of the molecule is Nc1ccnc(C(F)(F)F)c1C(=O)O. The van der Waals surface area contributed by atoms with Crippen LogP contribution in [0.3, 0.4) is 0 Å². The number of hydrogen-bond donors (Lipinski definition) is 2. The Balaban J connectivity index is 3.44. The number of pyridine rings is 1. The largest absolute Gasteiger partial charge is 0.478 e. The van der Waals surface area contributed by atoms with Crippen molar-refractivity contribution in [2.75, 3.05) is 5.73 Å². The van der Waals surface area contributed by atoms with E-state index in [1.165, 1.54) is 0 Å². The third kappa shape index (κ3) is 1.76. The molecular formula is C7H5F3N2O2. The molecule has 4 nitrogen and oxygen atoms in total. The van der Waals surface area contributed by atoms with E-state index in [2.05, 4.69) is 4.98 Å². The van der Waals surface area contributed by atoms with Gasteiger partial charge >= 0.3 is 12.1 Å². The molecule has 0 bridgehead atoms. The van der Waals surface area contributed by atoms with Gasteiger partial charge in [-0.25, -0.2) is 4.79 Å². The van der Waals surface area contributed by atoms with Gasteiger partial charge in [0.2, 0.25) is 0 Å². The Labute approximate surface area is 76.2 Å². The molecule has 0 aromatic carbocycles. The van der Waals surface area contributed by atoms with Gasteiger partial charge < -0.3 is 10.8 Å². The van der Waals surface area contributed by atoms with Crippen molar-refractivity contribution in [3.05, 3.63) is 23.5 Å². The van der Waals surface area contributed by atoms with Gasteiger partial charge in [-0.1, -0.05) is 0 Å². The number of rotatable bonds is 1. The summed E-state index contributed by atoms with van der Waals surface area (Å²) in [6.07, 6.45) is -4.01. The number of alkyl halides is 3. The molecule has 1 rings (SSSR count). The van der Waals surface area contributed by atoms with Gasteiger partial charge in [-0.05, 0) is 6.07 Å². The molecule has 0 unspecified atom stereocenters. The Morgan fingerprint density at radius 2 is 2.07 bits per heavy atom. The first-order valence-corrected chi connectivity index (χ1v) is 3.39. The van der Waals surface area contributed by atoms with Crippen LogP contribution in [-0.4, -0.2) is 16.1 Å². The molecule has 0 atom stereocenters. The summed E-state index contributed by atoms with van der Waals surface area (Å²) in [6, 6.07) is 0.999. The normalized spacial score (nSPS) is 11.4. The highest BCUT2D eigenvalue weighted by molar-refractivity contribution is 5.94. The highest BCUT2D eigenvalue weighted by Gasteiger charge is 2.38. The number of carbonyl (C=O) groups is 1. The average molecular weight is 206 g/mol. The van der Waals surface area contributed by atoms with E-state index in [0.29, 0.717) is 0 Å². The number of halogens is 3. The molecule has 7 heteroatoms. The summed E-state index contributed by atoms with van der Waals surface area (Å²) < 4.78 is 36.6. The van der Waals surface area contributed by atoms with Crippen molar-refractivity contribution < 1.29 is 23.1 Å². The first-order valence-electron chi connectivity index (χ1n) is 3.39. The molecule has 0 saturated heterocycles. The monoisotopic (exact) mass is 206 g/mol. The molecule has 1 heterocycles. The second-order valence-electron chi connectivity index (χ2n) is 2.43. The number of nitrogens with two attached hydrogens (primary N) is 1. The van der Waals surface area contributed by atoms with E-state index in [4.69, 9.17) is 10.8 Å². The molecule has 0 saturated carbocycles. The van der Waals surface area contributed by atoms with Gasteiger partial charge in [-0.2, -0.15) is 13.2 Å². The first-order chi connectivity index (χ1) is 6.34. The Morgan fingerprint density at radius 1 is 1.50 bits per heavy atom. The van der Waals surface area contributed by atoms with Gasteiger partial charge in [0, 0.05) is 11.9 Å². The molecule has 0 aliphatic carbocycles. The molecular weight excluding hydrogens is 201 g/mol. The maximum absolute atomic E-state index is 12.2. The Hall–Kier alpha value is -1.79. The van der Waals surface area contributed by atoms with Crippen LogP contribution in [0.2, 0.25) is 0 Å². The van der Waals surface area contributed by atoms with Crippen LogP contribution in [0.4, 0.5) is 18.9 Å². The smallest absolute Gasteiger partial charge is 0.434 e. The number of nitrogen functional groups attached to an aromatic ring is 1. The third-order valence-electron chi connectivity index (χ3n) is 1.47. The van der Waals surface area contributed by atoms with Gasteiger partial charge in [0.25, 0.3) is 0 Å². The summed E-state index contributed by atoms with van der Waals surface area (Å²) in [6.45, 7) is 0. The molecule has 0 spiro atoms. The van der Waals surface area contributed by atoms with E-state index in [-0.39, 0.29) is 0 Å². The highest BCUT2D eigenvalue weighted by Crippen LogP contribution is 2.32. The van der Waals surface area contributed by atoms with E-state index >= 15 is 0 Å². The van der Waals surface area contributed by atoms with Gasteiger partial charge in [0.1, 0.15) is 5.56 Å². The maximum Gasteiger partial charge on any atom is 0.434 e. The predicted molar refractivity (Wildman–Crippen MR) is 40.6 cm³/mol. The lowest BCUT2D eigenvalue weighted by molar-refractivity contribution is -0.141. The Kier molecular flexibility index (Phi) is 2.33. The van der Waals surface area contributed by atoms with Crippen molar-refractivity contribution in [1.82, 2.24) is 4.98 Å². The second kappa shape index (κ2) is 3.17. The number of hydrogen-bond acceptors (Lipinski definition) is 3. The van der Waals surface area contributed by atoms with Crippen molar-refractivity contribution in [2.45, 2.75) is 6.18 Å². The van der Waals surface area contributed by atoms with E-state index < -0.39 is 29.1 Å². The number of anilines is 1. The zero-order chi connectivity index (χ0) is 10.9. The lowest BCUT2D eigenvalue weighted by atomic mass is 10.1. The summed E-state index contributed by atoms with van der Waals surface area (Å²) in [5.74, 6) is -1.75. The molecule has 1 aromatic heterocycles. The number of carboxylic acid groups (broad SMARTS) is 1. The van der Waals surface area contributed by atoms with Crippen LogP contribution >= 0.6 is 0 Å². The van der Waals surface area contributed by atoms with E-state index in [1.807, 2.05) is 0 Å². The summed E-state index contributed by atoms with van der Waals surface area (Å²) in [5.41, 5.74) is 2.14. The van der Waals surface area contributed by atoms with Crippen molar-refractivity contribution >= 4 is 11.7 Å². The second-order valence-corrected chi connectivity index (χ2v) is 2.43. The van der Waals surface area contributed by atoms with Gasteiger partial charge in [-0.15, -0.1) is 0 Å². The molecule has 3 N–H and O–H groups in total. The number of aromatic nitrogens is 1. The van der Waals surface area contributed by atoms with Crippen molar-refractivity contribution in [3.8, 4) is 0 Å². The first kappa shape index (κ1) is 10.3. The summed E-state index contributed by atoms with van der Waals surface area (Å²) in [7, 11) is 0. The molecule has 76 valence electrons. The minimum atomic E-state index is -4.82. The molecule has 0 amide bonds. The fourth-order valence-corrected chi connectivity index (χ4v) is 0.916. The fourth-order valence-electron chi connectivity index (χ4n) is 0.916. The van der Waals surface area contributed by atoms with Crippen LogP contribution in [0.25, 0.3) is 0 Å². The zero-order valence-electron chi connectivity index (χ0n) is 6.67. The molecule has 14 heavy (non-hydrogen) atoms. The Bertz CT molecular complexity index is 376.